The van der Waals surface area contributed by atoms with Gasteiger partial charge in [-0.1, -0.05) is 55.8 Å². The maximum Gasteiger partial charge on any atom is 0.172 e. The molecule has 0 aliphatic heterocycles. The standard InChI is InChI=1S/C23H27ClO6/c1-11(2)12-3-5-13(6-4-12)18-16-9-14(24)7-8-15(16)19(18)21(28)23(30)22(29)20(27)17(26)10-25/h3-9,11,17-20,22-23,25-27,29-30H,10H2,1-2H3/t17-,18?,19?,20-,22+,23+/m1/s1. The topological polar surface area (TPSA) is 118 Å². The summed E-state index contributed by atoms with van der Waals surface area (Å²) in [4.78, 5) is 13.1. The molecule has 0 saturated carbocycles. The molecule has 2 unspecified atom stereocenters. The van der Waals surface area contributed by atoms with Crippen molar-refractivity contribution in [3.63, 3.8) is 0 Å². The summed E-state index contributed by atoms with van der Waals surface area (Å²) in [7, 11) is 0. The molecule has 162 valence electrons. The number of benzene rings is 2. The van der Waals surface area contributed by atoms with E-state index in [0.717, 1.165) is 16.7 Å². The van der Waals surface area contributed by atoms with Gasteiger partial charge in [-0.2, -0.15) is 0 Å². The fourth-order valence-electron chi connectivity index (χ4n) is 4.01. The Morgan fingerprint density at radius 3 is 2.17 bits per heavy atom. The normalized spacial score (nSPS) is 22.0. The first kappa shape index (κ1) is 22.9. The number of hydrogen-bond donors (Lipinski definition) is 5. The van der Waals surface area contributed by atoms with Crippen LogP contribution in [0.2, 0.25) is 5.02 Å². The highest BCUT2D eigenvalue weighted by atomic mass is 35.5. The van der Waals surface area contributed by atoms with Crippen LogP contribution < -0.4 is 0 Å². The highest BCUT2D eigenvalue weighted by molar-refractivity contribution is 6.30. The Labute approximate surface area is 180 Å². The minimum atomic E-state index is -1.93. The van der Waals surface area contributed by atoms with E-state index >= 15 is 0 Å². The van der Waals surface area contributed by atoms with Crippen molar-refractivity contribution in [1.29, 1.82) is 0 Å². The largest absolute Gasteiger partial charge is 0.394 e. The molecule has 0 radical (unpaired) electrons. The molecule has 0 spiro atoms. The number of hydrogen-bond acceptors (Lipinski definition) is 6. The summed E-state index contributed by atoms with van der Waals surface area (Å²) in [5.74, 6) is -1.39. The maximum absolute atomic E-state index is 13.1. The van der Waals surface area contributed by atoms with Crippen LogP contribution in [0.25, 0.3) is 0 Å². The number of fused-ring (bicyclic) bond motifs is 1. The minimum absolute atomic E-state index is 0.353. The molecule has 6 atom stereocenters. The molecule has 0 bridgehead atoms. The van der Waals surface area contributed by atoms with Crippen LogP contribution in [0.4, 0.5) is 0 Å². The van der Waals surface area contributed by atoms with E-state index < -0.39 is 42.7 Å². The summed E-state index contributed by atoms with van der Waals surface area (Å²) >= 11 is 6.14. The molecule has 0 aromatic heterocycles. The molecule has 0 saturated heterocycles. The van der Waals surface area contributed by atoms with Crippen LogP contribution in [-0.4, -0.2) is 62.3 Å². The zero-order chi connectivity index (χ0) is 22.2. The lowest BCUT2D eigenvalue weighted by molar-refractivity contribution is -0.149. The van der Waals surface area contributed by atoms with Gasteiger partial charge in [0.25, 0.3) is 0 Å². The molecule has 1 aliphatic rings. The second kappa shape index (κ2) is 9.14. The molecule has 5 N–H and O–H groups in total. The monoisotopic (exact) mass is 434 g/mol. The van der Waals surface area contributed by atoms with Crippen molar-refractivity contribution in [2.24, 2.45) is 0 Å². The van der Waals surface area contributed by atoms with Crippen LogP contribution in [0, 0.1) is 0 Å². The first-order valence-corrected chi connectivity index (χ1v) is 10.3. The van der Waals surface area contributed by atoms with Gasteiger partial charge in [-0.3, -0.25) is 4.79 Å². The van der Waals surface area contributed by atoms with E-state index in [1.54, 1.807) is 18.2 Å². The number of halogens is 1. The lowest BCUT2D eigenvalue weighted by atomic mass is 9.62. The van der Waals surface area contributed by atoms with Gasteiger partial charge in [0.05, 0.1) is 12.5 Å². The Hall–Kier alpha value is -1.80. The second-order valence-corrected chi connectivity index (χ2v) is 8.56. The summed E-state index contributed by atoms with van der Waals surface area (Å²) in [6, 6.07) is 13.0. The van der Waals surface area contributed by atoms with Crippen molar-refractivity contribution in [2.75, 3.05) is 6.61 Å². The van der Waals surface area contributed by atoms with E-state index in [-0.39, 0.29) is 5.92 Å². The number of aliphatic hydroxyl groups excluding tert-OH is 5. The SMILES string of the molecule is CC(C)c1ccc(C2c3cc(Cl)ccc3C2C(=O)[C@H](O)[C@@H](O)[C@H](O)[C@H](O)CO)cc1. The molecule has 2 aromatic carbocycles. The van der Waals surface area contributed by atoms with Crippen molar-refractivity contribution >= 4 is 17.4 Å². The van der Waals surface area contributed by atoms with E-state index in [2.05, 4.69) is 13.8 Å². The van der Waals surface area contributed by atoms with Gasteiger partial charge in [0.1, 0.15) is 24.4 Å². The molecule has 0 heterocycles. The molecule has 1 aliphatic carbocycles. The highest BCUT2D eigenvalue weighted by Gasteiger charge is 2.47. The zero-order valence-corrected chi connectivity index (χ0v) is 17.6. The van der Waals surface area contributed by atoms with Gasteiger partial charge in [-0.15, -0.1) is 0 Å². The van der Waals surface area contributed by atoms with Crippen LogP contribution >= 0.6 is 11.6 Å². The first-order valence-electron chi connectivity index (χ1n) is 9.93. The number of aliphatic hydroxyl groups is 5. The predicted molar refractivity (Wildman–Crippen MR) is 113 cm³/mol. The second-order valence-electron chi connectivity index (χ2n) is 8.13. The average Bonchev–Trinajstić information content (AvgIpc) is 2.73. The van der Waals surface area contributed by atoms with Gasteiger partial charge in [0, 0.05) is 10.9 Å². The molecule has 6 nitrogen and oxygen atoms in total. The van der Waals surface area contributed by atoms with Crippen molar-refractivity contribution in [3.8, 4) is 0 Å². The molecule has 2 aromatic rings. The lowest BCUT2D eigenvalue weighted by Gasteiger charge is -2.41. The highest BCUT2D eigenvalue weighted by Crippen LogP contribution is 2.52. The van der Waals surface area contributed by atoms with Gasteiger partial charge >= 0.3 is 0 Å². The fraction of sp³-hybridized carbons (Fsp3) is 0.435. The Morgan fingerprint density at radius 1 is 0.967 bits per heavy atom. The Bertz CT molecular complexity index is 897. The van der Waals surface area contributed by atoms with Crippen molar-refractivity contribution in [3.05, 3.63) is 69.7 Å². The number of Topliss-reactive ketones (excluding diaryl/α,β-unsaturated/α-hetero) is 1. The van der Waals surface area contributed by atoms with E-state index in [4.69, 9.17) is 16.7 Å². The number of rotatable bonds is 8. The molecule has 0 amide bonds. The van der Waals surface area contributed by atoms with Crippen molar-refractivity contribution < 1.29 is 30.3 Å². The predicted octanol–water partition coefficient (Wildman–Crippen LogP) is 1.70. The van der Waals surface area contributed by atoms with Crippen LogP contribution in [-0.2, 0) is 4.79 Å². The van der Waals surface area contributed by atoms with Crippen LogP contribution in [0.5, 0.6) is 0 Å². The quantitative estimate of drug-likeness (QED) is 0.431. The van der Waals surface area contributed by atoms with Crippen LogP contribution in [0.3, 0.4) is 0 Å². The average molecular weight is 435 g/mol. The van der Waals surface area contributed by atoms with E-state index in [9.17, 15) is 25.2 Å². The van der Waals surface area contributed by atoms with Crippen LogP contribution in [0.1, 0.15) is 53.9 Å². The Kier molecular flexibility index (Phi) is 6.97. The summed E-state index contributed by atoms with van der Waals surface area (Å²) < 4.78 is 0. The van der Waals surface area contributed by atoms with Crippen molar-refractivity contribution in [1.82, 2.24) is 0 Å². The van der Waals surface area contributed by atoms with Gasteiger partial charge in [0.15, 0.2) is 5.78 Å². The Morgan fingerprint density at radius 2 is 1.60 bits per heavy atom. The van der Waals surface area contributed by atoms with E-state index in [0.29, 0.717) is 16.5 Å². The fourth-order valence-corrected chi connectivity index (χ4v) is 4.19. The first-order chi connectivity index (χ1) is 14.2. The third kappa shape index (κ3) is 4.17. The van der Waals surface area contributed by atoms with Gasteiger partial charge in [0.2, 0.25) is 0 Å². The molecular weight excluding hydrogens is 408 g/mol. The van der Waals surface area contributed by atoms with E-state index in [1.807, 2.05) is 24.3 Å². The Balaban J connectivity index is 1.93. The zero-order valence-electron chi connectivity index (χ0n) is 16.8. The summed E-state index contributed by atoms with van der Waals surface area (Å²) in [6.07, 6.45) is -7.38. The molecule has 3 rings (SSSR count). The van der Waals surface area contributed by atoms with E-state index in [1.165, 1.54) is 0 Å². The minimum Gasteiger partial charge on any atom is -0.394 e. The number of carbonyl (C=O) groups is 1. The number of carbonyl (C=O) groups excluding carboxylic acids is 1. The van der Waals surface area contributed by atoms with Gasteiger partial charge < -0.3 is 25.5 Å². The maximum atomic E-state index is 13.1. The molecule has 0 fully saturated rings. The van der Waals surface area contributed by atoms with Crippen LogP contribution in [0.15, 0.2) is 42.5 Å². The van der Waals surface area contributed by atoms with Crippen molar-refractivity contribution in [2.45, 2.75) is 56.0 Å². The van der Waals surface area contributed by atoms with Gasteiger partial charge in [-0.05, 0) is 40.3 Å². The third-order valence-corrected chi connectivity index (χ3v) is 6.10. The summed E-state index contributed by atoms with van der Waals surface area (Å²) in [6.45, 7) is 3.36. The molecule has 7 heteroatoms. The summed E-state index contributed by atoms with van der Waals surface area (Å²) in [5.41, 5.74) is 3.61. The molecule has 30 heavy (non-hydrogen) atoms. The van der Waals surface area contributed by atoms with Gasteiger partial charge in [-0.25, -0.2) is 0 Å². The summed E-state index contributed by atoms with van der Waals surface area (Å²) in [5, 5.41) is 49.5. The lowest BCUT2D eigenvalue weighted by Crippen LogP contribution is -2.51. The number of ketones is 1. The third-order valence-electron chi connectivity index (χ3n) is 5.87. The molecular formula is C23H27ClO6. The smallest absolute Gasteiger partial charge is 0.172 e.